The lowest BCUT2D eigenvalue weighted by Gasteiger charge is -2.33. The fraction of sp³-hybridized carbons (Fsp3) is 0.545. The molecule has 0 fully saturated rings. The van der Waals surface area contributed by atoms with Gasteiger partial charge in [0.2, 0.25) is 0 Å². The third kappa shape index (κ3) is 1.36. The van der Waals surface area contributed by atoms with Gasteiger partial charge in [0.25, 0.3) is 0 Å². The maximum atomic E-state index is 11.0. The SMILES string of the molecule is O=C1C=CC2(CC=CCC2)CC1. The van der Waals surface area contributed by atoms with Crippen molar-refractivity contribution in [2.24, 2.45) is 5.41 Å². The third-order valence-electron chi connectivity index (χ3n) is 2.99. The molecule has 0 N–H and O–H groups in total. The molecule has 0 radical (unpaired) electrons. The largest absolute Gasteiger partial charge is 0.295 e. The van der Waals surface area contributed by atoms with Gasteiger partial charge in [-0.2, -0.15) is 0 Å². The number of ketones is 1. The van der Waals surface area contributed by atoms with Crippen LogP contribution in [0.15, 0.2) is 24.3 Å². The van der Waals surface area contributed by atoms with Gasteiger partial charge in [-0.25, -0.2) is 0 Å². The first-order chi connectivity index (χ1) is 5.81. The van der Waals surface area contributed by atoms with E-state index < -0.39 is 0 Å². The summed E-state index contributed by atoms with van der Waals surface area (Å²) in [5.74, 6) is 0.301. The maximum absolute atomic E-state index is 11.0. The molecule has 12 heavy (non-hydrogen) atoms. The van der Waals surface area contributed by atoms with E-state index >= 15 is 0 Å². The van der Waals surface area contributed by atoms with E-state index in [1.54, 1.807) is 6.08 Å². The fourth-order valence-electron chi connectivity index (χ4n) is 2.10. The smallest absolute Gasteiger partial charge is 0.155 e. The highest BCUT2D eigenvalue weighted by atomic mass is 16.1. The molecular weight excluding hydrogens is 148 g/mol. The number of hydrogen-bond donors (Lipinski definition) is 0. The summed E-state index contributed by atoms with van der Waals surface area (Å²) in [5.41, 5.74) is 0.350. The number of allylic oxidation sites excluding steroid dienone is 4. The Morgan fingerprint density at radius 3 is 2.75 bits per heavy atom. The van der Waals surface area contributed by atoms with Gasteiger partial charge in [-0.3, -0.25) is 4.79 Å². The van der Waals surface area contributed by atoms with Crippen molar-refractivity contribution in [2.75, 3.05) is 0 Å². The van der Waals surface area contributed by atoms with E-state index in [-0.39, 0.29) is 0 Å². The predicted molar refractivity (Wildman–Crippen MR) is 48.8 cm³/mol. The molecule has 64 valence electrons. The van der Waals surface area contributed by atoms with Crippen LogP contribution in [-0.2, 0) is 4.79 Å². The second-order valence-corrected chi connectivity index (χ2v) is 3.88. The van der Waals surface area contributed by atoms with E-state index in [4.69, 9.17) is 0 Å². The van der Waals surface area contributed by atoms with Crippen LogP contribution in [0.3, 0.4) is 0 Å². The van der Waals surface area contributed by atoms with Crippen LogP contribution in [0.4, 0.5) is 0 Å². The highest BCUT2D eigenvalue weighted by Crippen LogP contribution is 2.40. The Bertz CT molecular complexity index is 250. The average Bonchev–Trinajstić information content (AvgIpc) is 2.13. The van der Waals surface area contributed by atoms with Crippen molar-refractivity contribution in [3.63, 3.8) is 0 Å². The molecule has 0 aromatic rings. The second-order valence-electron chi connectivity index (χ2n) is 3.88. The van der Waals surface area contributed by atoms with E-state index in [2.05, 4.69) is 18.2 Å². The van der Waals surface area contributed by atoms with Crippen molar-refractivity contribution >= 4 is 5.78 Å². The Labute approximate surface area is 73.2 Å². The van der Waals surface area contributed by atoms with Gasteiger partial charge in [-0.15, -0.1) is 0 Å². The molecule has 1 atom stereocenters. The van der Waals surface area contributed by atoms with E-state index in [0.29, 0.717) is 11.2 Å². The van der Waals surface area contributed by atoms with Crippen molar-refractivity contribution in [2.45, 2.75) is 32.1 Å². The summed E-state index contributed by atoms with van der Waals surface area (Å²) in [6.07, 6.45) is 13.8. The quantitative estimate of drug-likeness (QED) is 0.500. The number of carbonyl (C=O) groups is 1. The highest BCUT2D eigenvalue weighted by molar-refractivity contribution is 5.90. The van der Waals surface area contributed by atoms with Gasteiger partial charge in [-0.05, 0) is 37.2 Å². The van der Waals surface area contributed by atoms with Crippen molar-refractivity contribution in [1.82, 2.24) is 0 Å². The van der Waals surface area contributed by atoms with Gasteiger partial charge < -0.3 is 0 Å². The molecule has 1 spiro atoms. The topological polar surface area (TPSA) is 17.1 Å². The van der Waals surface area contributed by atoms with Gasteiger partial charge >= 0.3 is 0 Å². The van der Waals surface area contributed by atoms with E-state index in [1.807, 2.05) is 0 Å². The van der Waals surface area contributed by atoms with E-state index in [1.165, 1.54) is 12.8 Å². The normalized spacial score (nSPS) is 34.5. The zero-order chi connectivity index (χ0) is 8.44. The van der Waals surface area contributed by atoms with E-state index in [0.717, 1.165) is 19.3 Å². The van der Waals surface area contributed by atoms with Gasteiger partial charge in [-0.1, -0.05) is 18.2 Å². The first-order valence-corrected chi connectivity index (χ1v) is 4.68. The van der Waals surface area contributed by atoms with Gasteiger partial charge in [0.15, 0.2) is 5.78 Å². The standard InChI is InChI=1S/C11H14O/c12-10-4-8-11(9-5-10)6-2-1-3-7-11/h1-2,4,8H,3,5-7,9H2. The molecule has 2 aliphatic rings. The molecule has 1 nitrogen and oxygen atoms in total. The molecule has 0 bridgehead atoms. The minimum Gasteiger partial charge on any atom is -0.295 e. The zero-order valence-electron chi connectivity index (χ0n) is 7.25. The Hall–Kier alpha value is -0.850. The van der Waals surface area contributed by atoms with Crippen LogP contribution in [-0.4, -0.2) is 5.78 Å². The second kappa shape index (κ2) is 2.89. The maximum Gasteiger partial charge on any atom is 0.155 e. The Morgan fingerprint density at radius 1 is 1.25 bits per heavy atom. The lowest BCUT2D eigenvalue weighted by atomic mass is 9.71. The van der Waals surface area contributed by atoms with Crippen molar-refractivity contribution < 1.29 is 4.79 Å². The van der Waals surface area contributed by atoms with Crippen LogP contribution < -0.4 is 0 Å². The summed E-state index contributed by atoms with van der Waals surface area (Å²) in [4.78, 5) is 11.0. The predicted octanol–water partition coefficient (Wildman–Crippen LogP) is 2.63. The van der Waals surface area contributed by atoms with Crippen LogP contribution in [0.25, 0.3) is 0 Å². The molecule has 2 aliphatic carbocycles. The Balaban J connectivity index is 2.16. The lowest BCUT2D eigenvalue weighted by molar-refractivity contribution is -0.115. The molecular formula is C11H14O. The molecule has 0 saturated carbocycles. The number of rotatable bonds is 0. The number of hydrogen-bond acceptors (Lipinski definition) is 1. The first-order valence-electron chi connectivity index (χ1n) is 4.68. The van der Waals surface area contributed by atoms with Crippen molar-refractivity contribution in [1.29, 1.82) is 0 Å². The molecule has 2 rings (SSSR count). The van der Waals surface area contributed by atoms with Crippen LogP contribution in [0.2, 0.25) is 0 Å². The van der Waals surface area contributed by atoms with Crippen LogP contribution in [0.1, 0.15) is 32.1 Å². The summed E-state index contributed by atoms with van der Waals surface area (Å²) in [5, 5.41) is 0. The monoisotopic (exact) mass is 162 g/mol. The Kier molecular flexibility index (Phi) is 1.87. The van der Waals surface area contributed by atoms with Crippen LogP contribution in [0.5, 0.6) is 0 Å². The van der Waals surface area contributed by atoms with Gasteiger partial charge in [0.1, 0.15) is 0 Å². The molecule has 0 aromatic heterocycles. The summed E-state index contributed by atoms with van der Waals surface area (Å²) in [6.45, 7) is 0. The molecule has 0 aliphatic heterocycles. The van der Waals surface area contributed by atoms with Crippen LogP contribution >= 0.6 is 0 Å². The summed E-state index contributed by atoms with van der Waals surface area (Å²) < 4.78 is 0. The minimum absolute atomic E-state index is 0.301. The summed E-state index contributed by atoms with van der Waals surface area (Å²) in [6, 6.07) is 0. The number of carbonyl (C=O) groups excluding carboxylic acids is 1. The molecule has 1 unspecified atom stereocenters. The zero-order valence-corrected chi connectivity index (χ0v) is 7.25. The highest BCUT2D eigenvalue weighted by Gasteiger charge is 2.30. The van der Waals surface area contributed by atoms with Gasteiger partial charge in [0.05, 0.1) is 0 Å². The molecule has 0 aromatic carbocycles. The fourth-order valence-corrected chi connectivity index (χ4v) is 2.10. The van der Waals surface area contributed by atoms with Crippen LogP contribution in [0, 0.1) is 5.41 Å². The summed E-state index contributed by atoms with van der Waals surface area (Å²) in [7, 11) is 0. The average molecular weight is 162 g/mol. The minimum atomic E-state index is 0.301. The molecule has 0 saturated heterocycles. The molecule has 0 heterocycles. The van der Waals surface area contributed by atoms with Gasteiger partial charge in [0, 0.05) is 6.42 Å². The van der Waals surface area contributed by atoms with Crippen molar-refractivity contribution in [3.8, 4) is 0 Å². The van der Waals surface area contributed by atoms with Crippen molar-refractivity contribution in [3.05, 3.63) is 24.3 Å². The molecule has 1 heteroatoms. The van der Waals surface area contributed by atoms with E-state index in [9.17, 15) is 4.79 Å². The Morgan fingerprint density at radius 2 is 2.17 bits per heavy atom. The first kappa shape index (κ1) is 7.78. The summed E-state index contributed by atoms with van der Waals surface area (Å²) >= 11 is 0. The lowest BCUT2D eigenvalue weighted by Crippen LogP contribution is -2.23. The molecule has 0 amide bonds. The third-order valence-corrected chi connectivity index (χ3v) is 2.99.